The van der Waals surface area contributed by atoms with Crippen molar-refractivity contribution in [2.45, 2.75) is 38.4 Å². The topological polar surface area (TPSA) is 46.5 Å². The number of carbonyl (C=O) groups excluding carboxylic acids is 1. The molecule has 0 aromatic heterocycles. The number of hydrogen-bond acceptors (Lipinski definition) is 3. The molecule has 1 N–H and O–H groups in total. The predicted molar refractivity (Wildman–Crippen MR) is 49.1 cm³/mol. The van der Waals surface area contributed by atoms with Gasteiger partial charge in [-0.05, 0) is 32.8 Å². The summed E-state index contributed by atoms with van der Waals surface area (Å²) in [6.07, 6.45) is 5.37. The molecule has 1 rings (SSSR count). The smallest absolute Gasteiger partial charge is 0.161 e. The molecule has 1 aliphatic rings. The number of ether oxygens (including phenoxy) is 1. The van der Waals surface area contributed by atoms with Gasteiger partial charge in [0.25, 0.3) is 0 Å². The average molecular weight is 184 g/mol. The molecule has 0 fully saturated rings. The van der Waals surface area contributed by atoms with Gasteiger partial charge in [0.1, 0.15) is 0 Å². The van der Waals surface area contributed by atoms with E-state index in [1.807, 2.05) is 6.08 Å². The Morgan fingerprint density at radius 1 is 1.62 bits per heavy atom. The van der Waals surface area contributed by atoms with Gasteiger partial charge in [0, 0.05) is 5.92 Å². The second kappa shape index (κ2) is 3.92. The lowest BCUT2D eigenvalue weighted by molar-refractivity contribution is -0.116. The van der Waals surface area contributed by atoms with E-state index < -0.39 is 5.60 Å². The first-order chi connectivity index (χ1) is 6.03. The summed E-state index contributed by atoms with van der Waals surface area (Å²) in [5.41, 5.74) is -0.663. The van der Waals surface area contributed by atoms with E-state index >= 15 is 0 Å². The van der Waals surface area contributed by atoms with Gasteiger partial charge in [0.05, 0.1) is 11.9 Å². The zero-order valence-corrected chi connectivity index (χ0v) is 8.06. The van der Waals surface area contributed by atoms with E-state index in [1.54, 1.807) is 20.1 Å². The van der Waals surface area contributed by atoms with Gasteiger partial charge < -0.3 is 9.84 Å². The monoisotopic (exact) mass is 184 g/mol. The van der Waals surface area contributed by atoms with Gasteiger partial charge in [-0.2, -0.15) is 0 Å². The number of carbonyl (C=O) groups is 1. The van der Waals surface area contributed by atoms with Crippen molar-refractivity contribution in [2.75, 3.05) is 0 Å². The molecule has 1 heterocycles. The van der Waals surface area contributed by atoms with E-state index in [-0.39, 0.29) is 12.0 Å². The lowest BCUT2D eigenvalue weighted by Crippen LogP contribution is -2.23. The number of aldehydes is 1. The molecule has 0 saturated carbocycles. The normalized spacial score (nSPS) is 27.3. The second-order valence-corrected chi connectivity index (χ2v) is 4.08. The molecule has 0 saturated heterocycles. The third kappa shape index (κ3) is 3.19. The molecule has 3 nitrogen and oxygen atoms in total. The minimum absolute atomic E-state index is 0.129. The SMILES string of the molecule is CC(C)(O)CCC1C=COC1C=O. The highest BCUT2D eigenvalue weighted by atomic mass is 16.5. The van der Waals surface area contributed by atoms with Crippen LogP contribution >= 0.6 is 0 Å². The lowest BCUT2D eigenvalue weighted by Gasteiger charge is -2.20. The molecule has 0 spiro atoms. The summed E-state index contributed by atoms with van der Waals surface area (Å²) in [4.78, 5) is 10.5. The molecule has 0 aromatic rings. The Kier molecular flexibility index (Phi) is 3.09. The van der Waals surface area contributed by atoms with Crippen molar-refractivity contribution < 1.29 is 14.6 Å². The third-order valence-corrected chi connectivity index (χ3v) is 2.21. The minimum atomic E-state index is -0.663. The number of hydrogen-bond donors (Lipinski definition) is 1. The fourth-order valence-electron chi connectivity index (χ4n) is 1.36. The van der Waals surface area contributed by atoms with Gasteiger partial charge in [-0.25, -0.2) is 0 Å². The molecule has 3 heteroatoms. The largest absolute Gasteiger partial charge is 0.490 e. The first-order valence-corrected chi connectivity index (χ1v) is 4.53. The number of aliphatic hydroxyl groups is 1. The maximum Gasteiger partial charge on any atom is 0.161 e. The van der Waals surface area contributed by atoms with Crippen LogP contribution in [0.5, 0.6) is 0 Å². The van der Waals surface area contributed by atoms with Crippen molar-refractivity contribution in [1.29, 1.82) is 0 Å². The fourth-order valence-corrected chi connectivity index (χ4v) is 1.36. The summed E-state index contributed by atoms with van der Waals surface area (Å²) in [7, 11) is 0. The highest BCUT2D eigenvalue weighted by Crippen LogP contribution is 2.24. The summed E-state index contributed by atoms with van der Waals surface area (Å²) in [5.74, 6) is 0.129. The van der Waals surface area contributed by atoms with Gasteiger partial charge in [0.15, 0.2) is 12.4 Å². The van der Waals surface area contributed by atoms with Crippen LogP contribution in [0.2, 0.25) is 0 Å². The van der Waals surface area contributed by atoms with Crippen LogP contribution in [0.25, 0.3) is 0 Å². The van der Waals surface area contributed by atoms with E-state index in [0.29, 0.717) is 6.42 Å². The van der Waals surface area contributed by atoms with Crippen molar-refractivity contribution in [2.24, 2.45) is 5.92 Å². The Hall–Kier alpha value is -0.830. The molecule has 2 unspecified atom stereocenters. The molecule has 0 radical (unpaired) electrons. The van der Waals surface area contributed by atoms with Crippen LogP contribution in [0, 0.1) is 5.92 Å². The van der Waals surface area contributed by atoms with Gasteiger partial charge in [-0.3, -0.25) is 4.79 Å². The molecule has 1 aliphatic heterocycles. The maximum atomic E-state index is 10.5. The number of rotatable bonds is 4. The lowest BCUT2D eigenvalue weighted by atomic mass is 9.92. The van der Waals surface area contributed by atoms with Crippen molar-refractivity contribution in [3.63, 3.8) is 0 Å². The van der Waals surface area contributed by atoms with Gasteiger partial charge in [-0.15, -0.1) is 0 Å². The van der Waals surface area contributed by atoms with Crippen molar-refractivity contribution >= 4 is 6.29 Å². The van der Waals surface area contributed by atoms with Crippen LogP contribution < -0.4 is 0 Å². The molecular weight excluding hydrogens is 168 g/mol. The molecule has 74 valence electrons. The van der Waals surface area contributed by atoms with Crippen LogP contribution in [-0.4, -0.2) is 23.1 Å². The van der Waals surface area contributed by atoms with Crippen molar-refractivity contribution in [1.82, 2.24) is 0 Å². The predicted octanol–water partition coefficient (Wildman–Crippen LogP) is 1.27. The van der Waals surface area contributed by atoms with Gasteiger partial charge >= 0.3 is 0 Å². The fraction of sp³-hybridized carbons (Fsp3) is 0.700. The average Bonchev–Trinajstić information content (AvgIpc) is 2.46. The summed E-state index contributed by atoms with van der Waals surface area (Å²) < 4.78 is 5.05. The Morgan fingerprint density at radius 3 is 2.85 bits per heavy atom. The summed E-state index contributed by atoms with van der Waals surface area (Å²) in [5, 5.41) is 9.48. The first-order valence-electron chi connectivity index (χ1n) is 4.53. The Labute approximate surface area is 78.4 Å². The molecule has 13 heavy (non-hydrogen) atoms. The van der Waals surface area contributed by atoms with Crippen LogP contribution in [0.1, 0.15) is 26.7 Å². The van der Waals surface area contributed by atoms with Crippen LogP contribution in [0.15, 0.2) is 12.3 Å². The standard InChI is InChI=1S/C10H16O3/c1-10(2,12)5-3-8-4-6-13-9(8)7-11/h4,6-9,12H,3,5H2,1-2H3. The van der Waals surface area contributed by atoms with E-state index in [4.69, 9.17) is 4.74 Å². The van der Waals surface area contributed by atoms with Gasteiger partial charge in [0.2, 0.25) is 0 Å². The van der Waals surface area contributed by atoms with E-state index in [0.717, 1.165) is 12.7 Å². The van der Waals surface area contributed by atoms with Crippen molar-refractivity contribution in [3.8, 4) is 0 Å². The second-order valence-electron chi connectivity index (χ2n) is 4.08. The van der Waals surface area contributed by atoms with Crippen LogP contribution in [0.3, 0.4) is 0 Å². The summed E-state index contributed by atoms with van der Waals surface area (Å²) in [6, 6.07) is 0. The first kappa shape index (κ1) is 10.3. The molecular formula is C10H16O3. The minimum Gasteiger partial charge on any atom is -0.490 e. The van der Waals surface area contributed by atoms with E-state index in [9.17, 15) is 9.90 Å². The Bertz CT molecular complexity index is 203. The van der Waals surface area contributed by atoms with E-state index in [1.165, 1.54) is 0 Å². The maximum absolute atomic E-state index is 10.5. The molecule has 0 aromatic carbocycles. The molecule has 0 bridgehead atoms. The zero-order chi connectivity index (χ0) is 9.90. The van der Waals surface area contributed by atoms with Gasteiger partial charge in [-0.1, -0.05) is 0 Å². The quantitative estimate of drug-likeness (QED) is 0.669. The highest BCUT2D eigenvalue weighted by molar-refractivity contribution is 5.58. The summed E-state index contributed by atoms with van der Waals surface area (Å²) >= 11 is 0. The molecule has 0 aliphatic carbocycles. The molecule has 0 amide bonds. The Morgan fingerprint density at radius 2 is 2.31 bits per heavy atom. The van der Waals surface area contributed by atoms with Crippen LogP contribution in [-0.2, 0) is 9.53 Å². The Balaban J connectivity index is 2.36. The third-order valence-electron chi connectivity index (χ3n) is 2.21. The summed E-state index contributed by atoms with van der Waals surface area (Å²) in [6.45, 7) is 3.53. The zero-order valence-electron chi connectivity index (χ0n) is 8.06. The van der Waals surface area contributed by atoms with Crippen molar-refractivity contribution in [3.05, 3.63) is 12.3 Å². The van der Waals surface area contributed by atoms with Crippen LogP contribution in [0.4, 0.5) is 0 Å². The highest BCUT2D eigenvalue weighted by Gasteiger charge is 2.25. The van der Waals surface area contributed by atoms with E-state index in [2.05, 4.69) is 0 Å². The molecule has 2 atom stereocenters.